The molecule has 3 nitrogen and oxygen atoms in total. The van der Waals surface area contributed by atoms with Crippen molar-refractivity contribution >= 4 is 21.9 Å². The molecule has 0 aliphatic carbocycles. The molecule has 0 aliphatic heterocycles. The zero-order valence-electron chi connectivity index (χ0n) is 13.3. The van der Waals surface area contributed by atoms with Gasteiger partial charge in [-0.3, -0.25) is 0 Å². The van der Waals surface area contributed by atoms with Crippen molar-refractivity contribution in [1.82, 2.24) is 5.32 Å². The number of hydrogen-bond donors (Lipinski definition) is 2. The lowest BCUT2D eigenvalue weighted by atomic mass is 9.97. The number of halogens is 1. The van der Waals surface area contributed by atoms with Crippen LogP contribution in [-0.4, -0.2) is 17.6 Å². The largest absolute Gasteiger partial charge is 0.478 e. The van der Waals surface area contributed by atoms with Gasteiger partial charge in [-0.25, -0.2) is 4.79 Å². The first-order valence-corrected chi connectivity index (χ1v) is 8.65. The molecule has 0 saturated heterocycles. The number of nitrogens with one attached hydrogen (secondary N) is 1. The molecule has 2 aromatic rings. The third-order valence-electron chi connectivity index (χ3n) is 3.95. The van der Waals surface area contributed by atoms with Gasteiger partial charge in [-0.05, 0) is 54.3 Å². The Morgan fingerprint density at radius 1 is 1.17 bits per heavy atom. The van der Waals surface area contributed by atoms with Gasteiger partial charge >= 0.3 is 5.97 Å². The highest BCUT2D eigenvalue weighted by Gasteiger charge is 2.08. The van der Waals surface area contributed by atoms with Crippen LogP contribution in [0.25, 0.3) is 0 Å². The van der Waals surface area contributed by atoms with Gasteiger partial charge in [-0.15, -0.1) is 0 Å². The number of carboxylic acids is 1. The lowest BCUT2D eigenvalue weighted by Gasteiger charge is -2.16. The van der Waals surface area contributed by atoms with E-state index in [1.54, 1.807) is 12.1 Å². The molecule has 122 valence electrons. The van der Waals surface area contributed by atoms with Gasteiger partial charge in [0.15, 0.2) is 0 Å². The van der Waals surface area contributed by atoms with Crippen LogP contribution in [0.1, 0.15) is 34.8 Å². The summed E-state index contributed by atoms with van der Waals surface area (Å²) < 4.78 is 1.12. The summed E-state index contributed by atoms with van der Waals surface area (Å²) in [6.45, 7) is 3.92. The highest BCUT2D eigenvalue weighted by Crippen LogP contribution is 2.16. The number of benzene rings is 2. The topological polar surface area (TPSA) is 49.3 Å². The van der Waals surface area contributed by atoms with Crippen LogP contribution in [0.3, 0.4) is 0 Å². The SMILES string of the molecule is CCC(CNCc1ccc(C(=O)O)cc1)Cc1cccc(Br)c1. The minimum Gasteiger partial charge on any atom is -0.478 e. The molecule has 0 aliphatic rings. The first kappa shape index (κ1) is 17.7. The Morgan fingerprint density at radius 3 is 2.52 bits per heavy atom. The average molecular weight is 376 g/mol. The number of rotatable bonds is 8. The van der Waals surface area contributed by atoms with Crippen LogP contribution in [0, 0.1) is 5.92 Å². The maximum absolute atomic E-state index is 10.8. The molecule has 0 spiro atoms. The first-order chi connectivity index (χ1) is 11.1. The second-order valence-corrected chi connectivity index (χ2v) is 6.66. The molecule has 4 heteroatoms. The zero-order valence-corrected chi connectivity index (χ0v) is 14.8. The predicted molar refractivity (Wildman–Crippen MR) is 96.7 cm³/mol. The maximum atomic E-state index is 10.8. The third-order valence-corrected chi connectivity index (χ3v) is 4.45. The van der Waals surface area contributed by atoms with Crippen molar-refractivity contribution in [2.75, 3.05) is 6.54 Å². The molecule has 2 aromatic carbocycles. The summed E-state index contributed by atoms with van der Waals surface area (Å²) in [6, 6.07) is 15.5. The van der Waals surface area contributed by atoms with Gasteiger partial charge in [0.25, 0.3) is 0 Å². The van der Waals surface area contributed by atoms with E-state index in [2.05, 4.69) is 46.4 Å². The summed E-state index contributed by atoms with van der Waals surface area (Å²) >= 11 is 3.52. The quantitative estimate of drug-likeness (QED) is 0.713. The smallest absolute Gasteiger partial charge is 0.335 e. The molecular formula is C19H22BrNO2. The second kappa shape index (κ2) is 8.85. The highest BCUT2D eigenvalue weighted by atomic mass is 79.9. The normalized spacial score (nSPS) is 12.1. The molecule has 0 amide bonds. The standard InChI is InChI=1S/C19H22BrNO2/c1-2-14(10-16-4-3-5-18(20)11-16)12-21-13-15-6-8-17(9-7-15)19(22)23/h3-9,11,14,21H,2,10,12-13H2,1H3,(H,22,23). The van der Waals surface area contributed by atoms with Crippen LogP contribution in [-0.2, 0) is 13.0 Å². The van der Waals surface area contributed by atoms with Crippen molar-refractivity contribution in [3.8, 4) is 0 Å². The van der Waals surface area contributed by atoms with Crippen molar-refractivity contribution in [2.24, 2.45) is 5.92 Å². The van der Waals surface area contributed by atoms with E-state index >= 15 is 0 Å². The molecule has 0 radical (unpaired) electrons. The monoisotopic (exact) mass is 375 g/mol. The van der Waals surface area contributed by atoms with Gasteiger partial charge in [-0.1, -0.05) is 53.5 Å². The molecule has 2 N–H and O–H groups in total. The third kappa shape index (κ3) is 5.81. The van der Waals surface area contributed by atoms with E-state index in [-0.39, 0.29) is 0 Å². The van der Waals surface area contributed by atoms with Crippen molar-refractivity contribution in [2.45, 2.75) is 26.3 Å². The minimum absolute atomic E-state index is 0.329. The van der Waals surface area contributed by atoms with E-state index in [1.807, 2.05) is 18.2 Å². The molecule has 1 unspecified atom stereocenters. The summed E-state index contributed by atoms with van der Waals surface area (Å²) in [5, 5.41) is 12.4. The van der Waals surface area contributed by atoms with Crippen molar-refractivity contribution in [3.05, 3.63) is 69.7 Å². The second-order valence-electron chi connectivity index (χ2n) is 5.74. The zero-order chi connectivity index (χ0) is 16.7. The molecule has 23 heavy (non-hydrogen) atoms. The van der Waals surface area contributed by atoms with Crippen LogP contribution in [0.4, 0.5) is 0 Å². The number of aromatic carboxylic acids is 1. The molecular weight excluding hydrogens is 354 g/mol. The van der Waals surface area contributed by atoms with E-state index in [1.165, 1.54) is 5.56 Å². The van der Waals surface area contributed by atoms with E-state index in [9.17, 15) is 4.79 Å². The van der Waals surface area contributed by atoms with E-state index in [4.69, 9.17) is 5.11 Å². The fourth-order valence-electron chi connectivity index (χ4n) is 2.54. The minimum atomic E-state index is -0.885. The summed E-state index contributed by atoms with van der Waals surface area (Å²) in [6.07, 6.45) is 2.18. The summed E-state index contributed by atoms with van der Waals surface area (Å²) in [5.74, 6) is -0.299. The predicted octanol–water partition coefficient (Wildman–Crippen LogP) is 4.51. The average Bonchev–Trinajstić information content (AvgIpc) is 2.54. The van der Waals surface area contributed by atoms with Gasteiger partial charge in [-0.2, -0.15) is 0 Å². The molecule has 0 fully saturated rings. The molecule has 0 saturated carbocycles. The lowest BCUT2D eigenvalue weighted by molar-refractivity contribution is 0.0697. The lowest BCUT2D eigenvalue weighted by Crippen LogP contribution is -2.23. The molecule has 0 heterocycles. The number of hydrogen-bond acceptors (Lipinski definition) is 2. The van der Waals surface area contributed by atoms with Crippen molar-refractivity contribution < 1.29 is 9.90 Å². The Balaban J connectivity index is 1.82. The van der Waals surface area contributed by atoms with Crippen molar-refractivity contribution in [3.63, 3.8) is 0 Å². The summed E-state index contributed by atoms with van der Waals surface area (Å²) in [5.41, 5.74) is 2.78. The number of carbonyl (C=O) groups is 1. The Labute approximate surface area is 145 Å². The molecule has 0 aromatic heterocycles. The van der Waals surface area contributed by atoms with Gasteiger partial charge in [0.2, 0.25) is 0 Å². The maximum Gasteiger partial charge on any atom is 0.335 e. The van der Waals surface area contributed by atoms with Crippen LogP contribution in [0.2, 0.25) is 0 Å². The van der Waals surface area contributed by atoms with E-state index in [0.717, 1.165) is 36.0 Å². The Morgan fingerprint density at radius 2 is 1.91 bits per heavy atom. The first-order valence-electron chi connectivity index (χ1n) is 7.86. The van der Waals surface area contributed by atoms with Crippen LogP contribution in [0.5, 0.6) is 0 Å². The fourth-order valence-corrected chi connectivity index (χ4v) is 2.99. The van der Waals surface area contributed by atoms with Gasteiger partial charge in [0.05, 0.1) is 5.56 Å². The van der Waals surface area contributed by atoms with E-state index in [0.29, 0.717) is 11.5 Å². The Bertz CT molecular complexity index is 640. The summed E-state index contributed by atoms with van der Waals surface area (Å²) in [4.78, 5) is 10.8. The molecule has 2 rings (SSSR count). The van der Waals surface area contributed by atoms with Gasteiger partial charge in [0.1, 0.15) is 0 Å². The van der Waals surface area contributed by atoms with Crippen molar-refractivity contribution in [1.29, 1.82) is 0 Å². The molecule has 1 atom stereocenters. The summed E-state index contributed by atoms with van der Waals surface area (Å²) in [7, 11) is 0. The van der Waals surface area contributed by atoms with E-state index < -0.39 is 5.97 Å². The van der Waals surface area contributed by atoms with Crippen LogP contribution in [0.15, 0.2) is 53.0 Å². The Hall–Kier alpha value is -1.65. The number of carboxylic acid groups (broad SMARTS) is 1. The fraction of sp³-hybridized carbons (Fsp3) is 0.316. The van der Waals surface area contributed by atoms with Gasteiger partial charge in [0, 0.05) is 11.0 Å². The van der Waals surface area contributed by atoms with Crippen LogP contribution < -0.4 is 5.32 Å². The highest BCUT2D eigenvalue weighted by molar-refractivity contribution is 9.10. The van der Waals surface area contributed by atoms with Crippen LogP contribution >= 0.6 is 15.9 Å². The molecule has 0 bridgehead atoms. The van der Waals surface area contributed by atoms with Gasteiger partial charge < -0.3 is 10.4 Å². The Kier molecular flexibility index (Phi) is 6.81.